The minimum absolute atomic E-state index is 0.0169. The number of fused-ring (bicyclic) bond motifs is 1. The molecule has 0 aromatic heterocycles. The van der Waals surface area contributed by atoms with E-state index in [2.05, 4.69) is 20.8 Å². The summed E-state index contributed by atoms with van der Waals surface area (Å²) in [5.74, 6) is 2.19. The Balaban J connectivity index is 1.91. The van der Waals surface area contributed by atoms with E-state index in [1.54, 1.807) is 12.1 Å². The second kappa shape index (κ2) is 5.13. The number of amides is 1. The fourth-order valence-corrected chi connectivity index (χ4v) is 3.28. The Bertz CT molecular complexity index is 573. The summed E-state index contributed by atoms with van der Waals surface area (Å²) < 4.78 is 10.6. The van der Waals surface area contributed by atoms with Gasteiger partial charge in [0.1, 0.15) is 0 Å². The third kappa shape index (κ3) is 2.41. The first kappa shape index (κ1) is 14.0. The van der Waals surface area contributed by atoms with Crippen LogP contribution in [0.15, 0.2) is 12.1 Å². The van der Waals surface area contributed by atoms with Crippen molar-refractivity contribution in [1.82, 2.24) is 4.90 Å². The molecular formula is C16H22N2O3. The number of ether oxygens (including phenoxy) is 2. The molecule has 2 aliphatic heterocycles. The molecule has 3 atom stereocenters. The monoisotopic (exact) mass is 290 g/mol. The molecular weight excluding hydrogens is 268 g/mol. The number of rotatable bonds is 1. The van der Waals surface area contributed by atoms with Crippen LogP contribution in [0.2, 0.25) is 0 Å². The number of hydrogen-bond donors (Lipinski definition) is 1. The standard InChI is InChI=1S/C16H22N2O3/c1-9-4-10(2)11(3)18(7-9)16(19)12-5-14-15(6-13(12)17)21-8-20-14/h5-6,9-11H,4,7-8,17H2,1-3H3. The Hall–Kier alpha value is -1.91. The first-order valence-corrected chi connectivity index (χ1v) is 7.47. The number of anilines is 1. The highest BCUT2D eigenvalue weighted by atomic mass is 16.7. The van der Waals surface area contributed by atoms with E-state index < -0.39 is 0 Å². The van der Waals surface area contributed by atoms with Crippen LogP contribution in [0.25, 0.3) is 0 Å². The Kier molecular flexibility index (Phi) is 3.43. The van der Waals surface area contributed by atoms with Gasteiger partial charge in [-0.25, -0.2) is 0 Å². The number of carbonyl (C=O) groups is 1. The zero-order valence-electron chi connectivity index (χ0n) is 12.8. The van der Waals surface area contributed by atoms with Crippen molar-refractivity contribution in [2.75, 3.05) is 19.1 Å². The van der Waals surface area contributed by atoms with Gasteiger partial charge in [-0.3, -0.25) is 4.79 Å². The molecule has 0 aliphatic carbocycles. The third-order valence-electron chi connectivity index (χ3n) is 4.63. The van der Waals surface area contributed by atoms with Crippen molar-refractivity contribution in [3.8, 4) is 11.5 Å². The van der Waals surface area contributed by atoms with Crippen LogP contribution in [-0.2, 0) is 0 Å². The molecule has 5 nitrogen and oxygen atoms in total. The molecule has 1 saturated heterocycles. The van der Waals surface area contributed by atoms with Crippen LogP contribution in [0, 0.1) is 11.8 Å². The lowest BCUT2D eigenvalue weighted by molar-refractivity contribution is 0.0456. The fourth-order valence-electron chi connectivity index (χ4n) is 3.28. The van der Waals surface area contributed by atoms with Crippen molar-refractivity contribution in [3.05, 3.63) is 17.7 Å². The van der Waals surface area contributed by atoms with Crippen LogP contribution < -0.4 is 15.2 Å². The maximum absolute atomic E-state index is 12.9. The van der Waals surface area contributed by atoms with E-state index in [0.717, 1.165) is 13.0 Å². The average Bonchev–Trinajstić information content (AvgIpc) is 2.88. The molecule has 114 valence electrons. The van der Waals surface area contributed by atoms with E-state index in [4.69, 9.17) is 15.2 Å². The van der Waals surface area contributed by atoms with Crippen LogP contribution >= 0.6 is 0 Å². The summed E-state index contributed by atoms with van der Waals surface area (Å²) >= 11 is 0. The predicted molar refractivity (Wildman–Crippen MR) is 80.4 cm³/mol. The van der Waals surface area contributed by atoms with Crippen LogP contribution in [0.4, 0.5) is 5.69 Å². The molecule has 0 saturated carbocycles. The first-order chi connectivity index (χ1) is 9.97. The van der Waals surface area contributed by atoms with Gasteiger partial charge in [0.15, 0.2) is 11.5 Å². The van der Waals surface area contributed by atoms with E-state index in [1.807, 2.05) is 4.90 Å². The molecule has 2 aliphatic rings. The Labute approximate surface area is 125 Å². The van der Waals surface area contributed by atoms with Gasteiger partial charge < -0.3 is 20.1 Å². The van der Waals surface area contributed by atoms with Gasteiger partial charge >= 0.3 is 0 Å². The zero-order valence-corrected chi connectivity index (χ0v) is 12.8. The summed E-state index contributed by atoms with van der Waals surface area (Å²) in [4.78, 5) is 14.8. The molecule has 21 heavy (non-hydrogen) atoms. The lowest BCUT2D eigenvalue weighted by Crippen LogP contribution is -2.49. The van der Waals surface area contributed by atoms with Crippen LogP contribution in [0.3, 0.4) is 0 Å². The maximum Gasteiger partial charge on any atom is 0.256 e. The molecule has 5 heteroatoms. The molecule has 0 radical (unpaired) electrons. The van der Waals surface area contributed by atoms with E-state index in [-0.39, 0.29) is 18.7 Å². The predicted octanol–water partition coefficient (Wildman–Crippen LogP) is 2.50. The zero-order chi connectivity index (χ0) is 15.1. The molecule has 1 aromatic carbocycles. The highest BCUT2D eigenvalue weighted by molar-refractivity contribution is 6.00. The van der Waals surface area contributed by atoms with Gasteiger partial charge in [-0.1, -0.05) is 13.8 Å². The quantitative estimate of drug-likeness (QED) is 0.807. The second-order valence-corrected chi connectivity index (χ2v) is 6.31. The van der Waals surface area contributed by atoms with Crippen LogP contribution in [-0.4, -0.2) is 30.2 Å². The Morgan fingerprint density at radius 2 is 1.90 bits per heavy atom. The molecule has 0 spiro atoms. The fraction of sp³-hybridized carbons (Fsp3) is 0.562. The summed E-state index contributed by atoms with van der Waals surface area (Å²) in [6.45, 7) is 7.45. The molecule has 1 amide bonds. The minimum atomic E-state index is -0.0169. The molecule has 2 N–H and O–H groups in total. The number of benzene rings is 1. The van der Waals surface area contributed by atoms with Crippen molar-refractivity contribution in [2.24, 2.45) is 11.8 Å². The SMILES string of the molecule is CC1CC(C)C(C)N(C(=O)c2cc3c(cc2N)OCO3)C1. The molecule has 3 rings (SSSR count). The number of nitrogen functional groups attached to an aromatic ring is 1. The summed E-state index contributed by atoms with van der Waals surface area (Å²) in [5.41, 5.74) is 6.99. The number of nitrogens with two attached hydrogens (primary N) is 1. The third-order valence-corrected chi connectivity index (χ3v) is 4.63. The molecule has 1 fully saturated rings. The van der Waals surface area contributed by atoms with Gasteiger partial charge in [0.25, 0.3) is 5.91 Å². The molecule has 2 heterocycles. The summed E-state index contributed by atoms with van der Waals surface area (Å²) in [6, 6.07) is 3.60. The summed E-state index contributed by atoms with van der Waals surface area (Å²) in [7, 11) is 0. The number of hydrogen-bond acceptors (Lipinski definition) is 4. The lowest BCUT2D eigenvalue weighted by atomic mass is 9.85. The highest BCUT2D eigenvalue weighted by Crippen LogP contribution is 2.37. The molecule has 0 bridgehead atoms. The maximum atomic E-state index is 12.9. The van der Waals surface area contributed by atoms with Gasteiger partial charge in [0, 0.05) is 24.3 Å². The lowest BCUT2D eigenvalue weighted by Gasteiger charge is -2.41. The summed E-state index contributed by atoms with van der Waals surface area (Å²) in [5, 5.41) is 0. The van der Waals surface area contributed by atoms with Crippen molar-refractivity contribution in [1.29, 1.82) is 0 Å². The van der Waals surface area contributed by atoms with Crippen LogP contribution in [0.1, 0.15) is 37.6 Å². The molecule has 3 unspecified atom stereocenters. The number of likely N-dealkylation sites (tertiary alicyclic amines) is 1. The Morgan fingerprint density at radius 3 is 2.62 bits per heavy atom. The van der Waals surface area contributed by atoms with E-state index >= 15 is 0 Å². The van der Waals surface area contributed by atoms with Crippen molar-refractivity contribution in [2.45, 2.75) is 33.2 Å². The van der Waals surface area contributed by atoms with Gasteiger partial charge in [-0.05, 0) is 31.2 Å². The van der Waals surface area contributed by atoms with Crippen molar-refractivity contribution in [3.63, 3.8) is 0 Å². The van der Waals surface area contributed by atoms with E-state index in [9.17, 15) is 4.79 Å². The first-order valence-electron chi connectivity index (χ1n) is 7.47. The largest absolute Gasteiger partial charge is 0.454 e. The van der Waals surface area contributed by atoms with Crippen molar-refractivity contribution >= 4 is 11.6 Å². The number of nitrogens with zero attached hydrogens (tertiary/aromatic N) is 1. The second-order valence-electron chi connectivity index (χ2n) is 6.31. The number of piperidine rings is 1. The normalized spacial score (nSPS) is 27.8. The van der Waals surface area contributed by atoms with Gasteiger partial charge in [-0.15, -0.1) is 0 Å². The highest BCUT2D eigenvalue weighted by Gasteiger charge is 2.33. The topological polar surface area (TPSA) is 64.8 Å². The van der Waals surface area contributed by atoms with E-state index in [1.165, 1.54) is 0 Å². The number of carbonyl (C=O) groups excluding carboxylic acids is 1. The smallest absolute Gasteiger partial charge is 0.256 e. The van der Waals surface area contributed by atoms with Gasteiger partial charge in [-0.2, -0.15) is 0 Å². The van der Waals surface area contributed by atoms with Gasteiger partial charge in [0.2, 0.25) is 6.79 Å². The summed E-state index contributed by atoms with van der Waals surface area (Å²) in [6.07, 6.45) is 1.15. The van der Waals surface area contributed by atoms with Crippen LogP contribution in [0.5, 0.6) is 11.5 Å². The van der Waals surface area contributed by atoms with Crippen molar-refractivity contribution < 1.29 is 14.3 Å². The Morgan fingerprint density at radius 1 is 1.24 bits per heavy atom. The van der Waals surface area contributed by atoms with Gasteiger partial charge in [0.05, 0.1) is 5.56 Å². The average molecular weight is 290 g/mol. The van der Waals surface area contributed by atoms with E-state index in [0.29, 0.717) is 34.6 Å². The minimum Gasteiger partial charge on any atom is -0.454 e. The molecule has 1 aromatic rings.